The van der Waals surface area contributed by atoms with Gasteiger partial charge in [-0.05, 0) is 12.8 Å². The van der Waals surface area contributed by atoms with Crippen molar-refractivity contribution in [2.24, 2.45) is 5.92 Å². The van der Waals surface area contributed by atoms with E-state index in [9.17, 15) is 10.2 Å². The zero-order valence-corrected chi connectivity index (χ0v) is 7.36. The second-order valence-electron chi connectivity index (χ2n) is 3.39. The first kappa shape index (κ1) is 10.9. The first-order chi connectivity index (χ1) is 4.95. The van der Waals surface area contributed by atoms with Crippen LogP contribution in [-0.4, -0.2) is 33.6 Å². The van der Waals surface area contributed by atoms with Gasteiger partial charge in [-0.25, -0.2) is 0 Å². The van der Waals surface area contributed by atoms with Crippen molar-refractivity contribution in [1.29, 1.82) is 0 Å². The molecule has 3 heteroatoms. The SMILES string of the molecule is CC(O)CC(O)C(O)C(C)C. The molecular formula is C8H18O3. The summed E-state index contributed by atoms with van der Waals surface area (Å²) in [4.78, 5) is 0. The highest BCUT2D eigenvalue weighted by Crippen LogP contribution is 2.10. The summed E-state index contributed by atoms with van der Waals surface area (Å²) in [6, 6.07) is 0. The van der Waals surface area contributed by atoms with Crippen LogP contribution >= 0.6 is 0 Å². The first-order valence-electron chi connectivity index (χ1n) is 3.99. The average molecular weight is 162 g/mol. The molecule has 0 aliphatic carbocycles. The third kappa shape index (κ3) is 4.35. The van der Waals surface area contributed by atoms with Gasteiger partial charge in [-0.15, -0.1) is 0 Å². The zero-order chi connectivity index (χ0) is 9.02. The molecule has 0 saturated carbocycles. The number of hydrogen-bond acceptors (Lipinski definition) is 3. The van der Waals surface area contributed by atoms with Crippen LogP contribution in [0.25, 0.3) is 0 Å². The molecule has 0 radical (unpaired) electrons. The van der Waals surface area contributed by atoms with Gasteiger partial charge < -0.3 is 15.3 Å². The van der Waals surface area contributed by atoms with Gasteiger partial charge in [-0.3, -0.25) is 0 Å². The number of rotatable bonds is 4. The lowest BCUT2D eigenvalue weighted by atomic mass is 9.98. The van der Waals surface area contributed by atoms with Crippen LogP contribution in [0.1, 0.15) is 27.2 Å². The van der Waals surface area contributed by atoms with Crippen molar-refractivity contribution in [1.82, 2.24) is 0 Å². The standard InChI is InChI=1S/C8H18O3/c1-5(2)8(11)7(10)4-6(3)9/h5-11H,4H2,1-3H3. The van der Waals surface area contributed by atoms with E-state index in [0.29, 0.717) is 0 Å². The fraction of sp³-hybridized carbons (Fsp3) is 1.00. The van der Waals surface area contributed by atoms with Crippen LogP contribution in [0.15, 0.2) is 0 Å². The van der Waals surface area contributed by atoms with Crippen molar-refractivity contribution in [2.45, 2.75) is 45.5 Å². The molecule has 0 aromatic heterocycles. The fourth-order valence-electron chi connectivity index (χ4n) is 0.933. The van der Waals surface area contributed by atoms with Gasteiger partial charge in [0, 0.05) is 6.42 Å². The van der Waals surface area contributed by atoms with Crippen LogP contribution in [0.4, 0.5) is 0 Å². The molecule has 0 bridgehead atoms. The molecule has 3 unspecified atom stereocenters. The fourth-order valence-corrected chi connectivity index (χ4v) is 0.933. The van der Waals surface area contributed by atoms with E-state index in [4.69, 9.17) is 5.11 Å². The third-order valence-corrected chi connectivity index (χ3v) is 1.66. The Morgan fingerprint density at radius 1 is 1.00 bits per heavy atom. The smallest absolute Gasteiger partial charge is 0.0826 e. The Kier molecular flexibility index (Phi) is 4.65. The molecule has 0 heterocycles. The predicted octanol–water partition coefficient (Wildman–Crippen LogP) is 0.135. The van der Waals surface area contributed by atoms with Crippen LogP contribution in [0, 0.1) is 5.92 Å². The minimum atomic E-state index is -0.810. The zero-order valence-electron chi connectivity index (χ0n) is 7.36. The van der Waals surface area contributed by atoms with Crippen LogP contribution in [0.2, 0.25) is 0 Å². The van der Waals surface area contributed by atoms with E-state index < -0.39 is 18.3 Å². The molecule has 0 amide bonds. The molecule has 0 aliphatic heterocycles. The maximum Gasteiger partial charge on any atom is 0.0826 e. The summed E-state index contributed by atoms with van der Waals surface area (Å²) in [7, 11) is 0. The second-order valence-corrected chi connectivity index (χ2v) is 3.39. The Bertz CT molecular complexity index is 102. The van der Waals surface area contributed by atoms with Crippen LogP contribution in [0.3, 0.4) is 0 Å². The Hall–Kier alpha value is -0.120. The monoisotopic (exact) mass is 162 g/mol. The van der Waals surface area contributed by atoms with Crippen molar-refractivity contribution >= 4 is 0 Å². The summed E-state index contributed by atoms with van der Waals surface area (Å²) in [5, 5.41) is 27.4. The van der Waals surface area contributed by atoms with Crippen LogP contribution in [0.5, 0.6) is 0 Å². The van der Waals surface area contributed by atoms with Crippen molar-refractivity contribution < 1.29 is 15.3 Å². The normalized spacial score (nSPS) is 19.9. The summed E-state index contributed by atoms with van der Waals surface area (Å²) < 4.78 is 0. The maximum atomic E-state index is 9.28. The third-order valence-electron chi connectivity index (χ3n) is 1.66. The Balaban J connectivity index is 3.73. The van der Waals surface area contributed by atoms with Gasteiger partial charge in [-0.2, -0.15) is 0 Å². The molecule has 0 fully saturated rings. The maximum absolute atomic E-state index is 9.28. The van der Waals surface area contributed by atoms with Gasteiger partial charge in [0.15, 0.2) is 0 Å². The quantitative estimate of drug-likeness (QED) is 0.551. The van der Waals surface area contributed by atoms with Crippen molar-refractivity contribution in [3.63, 3.8) is 0 Å². The highest BCUT2D eigenvalue weighted by atomic mass is 16.3. The van der Waals surface area contributed by atoms with E-state index in [2.05, 4.69) is 0 Å². The minimum Gasteiger partial charge on any atom is -0.393 e. The molecule has 0 aromatic carbocycles. The minimum absolute atomic E-state index is 0.0312. The summed E-state index contributed by atoms with van der Waals surface area (Å²) in [6.45, 7) is 5.25. The molecular weight excluding hydrogens is 144 g/mol. The Morgan fingerprint density at radius 3 is 1.73 bits per heavy atom. The molecule has 68 valence electrons. The summed E-state index contributed by atoms with van der Waals surface area (Å²) >= 11 is 0. The number of aliphatic hydroxyl groups is 3. The van der Waals surface area contributed by atoms with Crippen molar-refractivity contribution in [3.05, 3.63) is 0 Å². The van der Waals surface area contributed by atoms with Gasteiger partial charge in [0.25, 0.3) is 0 Å². The lowest BCUT2D eigenvalue weighted by Crippen LogP contribution is -2.33. The lowest BCUT2D eigenvalue weighted by Gasteiger charge is -2.21. The van der Waals surface area contributed by atoms with Crippen LogP contribution < -0.4 is 0 Å². The molecule has 3 nitrogen and oxygen atoms in total. The van der Waals surface area contributed by atoms with Crippen LogP contribution in [-0.2, 0) is 0 Å². The molecule has 3 atom stereocenters. The summed E-state index contributed by atoms with van der Waals surface area (Å²) in [5.74, 6) is 0.0312. The van der Waals surface area contributed by atoms with E-state index in [1.165, 1.54) is 0 Å². The molecule has 11 heavy (non-hydrogen) atoms. The van der Waals surface area contributed by atoms with Crippen molar-refractivity contribution in [2.75, 3.05) is 0 Å². The molecule has 0 aliphatic rings. The van der Waals surface area contributed by atoms with E-state index in [1.54, 1.807) is 6.92 Å². The van der Waals surface area contributed by atoms with E-state index in [1.807, 2.05) is 13.8 Å². The van der Waals surface area contributed by atoms with Gasteiger partial charge in [0.2, 0.25) is 0 Å². The van der Waals surface area contributed by atoms with E-state index in [0.717, 1.165) is 0 Å². The largest absolute Gasteiger partial charge is 0.393 e. The van der Waals surface area contributed by atoms with E-state index >= 15 is 0 Å². The molecule has 0 saturated heterocycles. The molecule has 0 aromatic rings. The molecule has 0 spiro atoms. The highest BCUT2D eigenvalue weighted by Gasteiger charge is 2.20. The van der Waals surface area contributed by atoms with E-state index in [-0.39, 0.29) is 12.3 Å². The molecule has 0 rings (SSSR count). The summed E-state index contributed by atoms with van der Waals surface area (Å²) in [5.41, 5.74) is 0. The van der Waals surface area contributed by atoms with Gasteiger partial charge in [0.05, 0.1) is 18.3 Å². The van der Waals surface area contributed by atoms with Gasteiger partial charge in [-0.1, -0.05) is 13.8 Å². The number of hydrogen-bond donors (Lipinski definition) is 3. The Morgan fingerprint density at radius 2 is 1.45 bits per heavy atom. The predicted molar refractivity (Wildman–Crippen MR) is 43.1 cm³/mol. The topological polar surface area (TPSA) is 60.7 Å². The summed E-state index contributed by atoms with van der Waals surface area (Å²) in [6.07, 6.45) is -1.86. The average Bonchev–Trinajstić information content (AvgIpc) is 1.84. The molecule has 3 N–H and O–H groups in total. The first-order valence-corrected chi connectivity index (χ1v) is 3.99. The number of aliphatic hydroxyl groups excluding tert-OH is 3. The van der Waals surface area contributed by atoms with Gasteiger partial charge in [0.1, 0.15) is 0 Å². The highest BCUT2D eigenvalue weighted by molar-refractivity contribution is 4.71. The Labute approximate surface area is 67.7 Å². The lowest BCUT2D eigenvalue weighted by molar-refractivity contribution is -0.0304. The second kappa shape index (κ2) is 4.70. The van der Waals surface area contributed by atoms with Crippen molar-refractivity contribution in [3.8, 4) is 0 Å². The van der Waals surface area contributed by atoms with Gasteiger partial charge >= 0.3 is 0 Å².